The maximum absolute atomic E-state index is 5.88. The van der Waals surface area contributed by atoms with E-state index in [1.165, 1.54) is 5.56 Å². The molecule has 0 fully saturated rings. The zero-order chi connectivity index (χ0) is 14.7. The Labute approximate surface area is 128 Å². The first-order valence-electron chi connectivity index (χ1n) is 6.57. The van der Waals surface area contributed by atoms with E-state index in [0.29, 0.717) is 16.7 Å². The van der Waals surface area contributed by atoms with Crippen LogP contribution in [-0.4, -0.2) is 4.98 Å². The van der Waals surface area contributed by atoms with Crippen molar-refractivity contribution in [1.82, 2.24) is 4.98 Å². The zero-order valence-electron chi connectivity index (χ0n) is 11.3. The Morgan fingerprint density at radius 1 is 0.810 bits per heavy atom. The van der Waals surface area contributed by atoms with Crippen molar-refractivity contribution >= 4 is 28.8 Å². The van der Waals surface area contributed by atoms with Gasteiger partial charge in [-0.1, -0.05) is 54.1 Å². The van der Waals surface area contributed by atoms with Gasteiger partial charge in [0.25, 0.3) is 0 Å². The van der Waals surface area contributed by atoms with Crippen LogP contribution < -0.4 is 11.1 Å². The highest BCUT2D eigenvalue weighted by Gasteiger charge is 2.03. The normalized spacial score (nSPS) is 10.3. The Morgan fingerprint density at radius 2 is 1.48 bits per heavy atom. The maximum Gasteiger partial charge on any atom is 0.155 e. The molecular weight excluding hydrogens is 282 g/mol. The molecule has 3 nitrogen and oxygen atoms in total. The number of nitrogens with one attached hydrogen (secondary N) is 1. The molecule has 0 saturated carbocycles. The van der Waals surface area contributed by atoms with Crippen molar-refractivity contribution < 1.29 is 0 Å². The van der Waals surface area contributed by atoms with Crippen LogP contribution in [0.2, 0.25) is 5.15 Å². The molecule has 0 atom stereocenters. The molecule has 104 valence electrons. The largest absolute Gasteiger partial charge is 0.396 e. The van der Waals surface area contributed by atoms with E-state index in [2.05, 4.69) is 34.6 Å². The lowest BCUT2D eigenvalue weighted by molar-refractivity contribution is 1.31. The topological polar surface area (TPSA) is 50.9 Å². The predicted octanol–water partition coefficient (Wildman–Crippen LogP) is 4.73. The van der Waals surface area contributed by atoms with Gasteiger partial charge in [-0.15, -0.1) is 0 Å². The number of aromatic nitrogens is 1. The summed E-state index contributed by atoms with van der Waals surface area (Å²) in [5.74, 6) is 0.565. The Morgan fingerprint density at radius 3 is 2.19 bits per heavy atom. The number of benzene rings is 2. The minimum Gasteiger partial charge on any atom is -0.396 e. The highest BCUT2D eigenvalue weighted by Crippen LogP contribution is 2.25. The number of rotatable bonds is 3. The van der Waals surface area contributed by atoms with Crippen LogP contribution >= 0.6 is 11.6 Å². The lowest BCUT2D eigenvalue weighted by Crippen LogP contribution is -1.99. The van der Waals surface area contributed by atoms with E-state index in [1.54, 1.807) is 12.1 Å². The number of hydrogen-bond donors (Lipinski definition) is 2. The lowest BCUT2D eigenvalue weighted by Gasteiger charge is -2.09. The zero-order valence-corrected chi connectivity index (χ0v) is 12.0. The lowest BCUT2D eigenvalue weighted by atomic mass is 10.1. The standard InChI is InChI=1S/C17H14ClN3/c18-16-11-10-15(19)17(21-16)20-14-8-6-13(7-9-14)12-4-2-1-3-5-12/h1-11H,19H2,(H,20,21). The van der Waals surface area contributed by atoms with Crippen molar-refractivity contribution in [2.45, 2.75) is 0 Å². The molecule has 0 radical (unpaired) electrons. The van der Waals surface area contributed by atoms with Crippen LogP contribution in [0.3, 0.4) is 0 Å². The predicted molar refractivity (Wildman–Crippen MR) is 88.8 cm³/mol. The van der Waals surface area contributed by atoms with E-state index < -0.39 is 0 Å². The van der Waals surface area contributed by atoms with Crippen LogP contribution in [0.15, 0.2) is 66.7 Å². The van der Waals surface area contributed by atoms with Crippen molar-refractivity contribution in [3.8, 4) is 11.1 Å². The van der Waals surface area contributed by atoms with E-state index >= 15 is 0 Å². The molecule has 0 aliphatic rings. The van der Waals surface area contributed by atoms with Crippen LogP contribution in [-0.2, 0) is 0 Å². The fourth-order valence-electron chi connectivity index (χ4n) is 2.06. The minimum atomic E-state index is 0.410. The van der Waals surface area contributed by atoms with Crippen LogP contribution in [0.5, 0.6) is 0 Å². The molecule has 3 N–H and O–H groups in total. The molecule has 0 aliphatic carbocycles. The fourth-order valence-corrected chi connectivity index (χ4v) is 2.21. The second-order valence-corrected chi connectivity index (χ2v) is 5.03. The molecule has 21 heavy (non-hydrogen) atoms. The Balaban J connectivity index is 1.83. The summed E-state index contributed by atoms with van der Waals surface area (Å²) in [6.45, 7) is 0. The summed E-state index contributed by atoms with van der Waals surface area (Å²) in [7, 11) is 0. The Hall–Kier alpha value is -2.52. The van der Waals surface area contributed by atoms with Crippen LogP contribution in [0.4, 0.5) is 17.2 Å². The average Bonchev–Trinajstić information content (AvgIpc) is 2.53. The van der Waals surface area contributed by atoms with Gasteiger partial charge >= 0.3 is 0 Å². The first-order valence-corrected chi connectivity index (χ1v) is 6.95. The summed E-state index contributed by atoms with van der Waals surface area (Å²) < 4.78 is 0. The van der Waals surface area contributed by atoms with Gasteiger partial charge in [0.15, 0.2) is 5.82 Å². The molecule has 0 aliphatic heterocycles. The smallest absolute Gasteiger partial charge is 0.155 e. The van der Waals surface area contributed by atoms with E-state index in [-0.39, 0.29) is 0 Å². The Bertz CT molecular complexity index is 740. The van der Waals surface area contributed by atoms with Crippen molar-refractivity contribution in [2.24, 2.45) is 0 Å². The molecule has 3 rings (SSSR count). The highest BCUT2D eigenvalue weighted by atomic mass is 35.5. The number of pyridine rings is 1. The molecule has 0 saturated heterocycles. The number of halogens is 1. The third kappa shape index (κ3) is 3.15. The second kappa shape index (κ2) is 5.85. The quantitative estimate of drug-likeness (QED) is 0.687. The van der Waals surface area contributed by atoms with Crippen LogP contribution in [0.25, 0.3) is 11.1 Å². The van der Waals surface area contributed by atoms with E-state index in [0.717, 1.165) is 11.3 Å². The molecular formula is C17H14ClN3. The van der Waals surface area contributed by atoms with Gasteiger partial charge in [0.1, 0.15) is 5.15 Å². The Kier molecular flexibility index (Phi) is 3.75. The summed E-state index contributed by atoms with van der Waals surface area (Å²) in [5, 5.41) is 3.58. The van der Waals surface area contributed by atoms with E-state index in [1.807, 2.05) is 30.3 Å². The molecule has 2 aromatic carbocycles. The summed E-state index contributed by atoms with van der Waals surface area (Å²) in [6, 6.07) is 21.7. The molecule has 0 bridgehead atoms. The van der Waals surface area contributed by atoms with Crippen molar-refractivity contribution in [3.63, 3.8) is 0 Å². The van der Waals surface area contributed by atoms with Gasteiger partial charge < -0.3 is 11.1 Å². The molecule has 1 aromatic heterocycles. The first kappa shape index (κ1) is 13.5. The van der Waals surface area contributed by atoms with Crippen LogP contribution in [0, 0.1) is 0 Å². The SMILES string of the molecule is Nc1ccc(Cl)nc1Nc1ccc(-c2ccccc2)cc1. The fraction of sp³-hybridized carbons (Fsp3) is 0. The summed E-state index contributed by atoms with van der Waals surface area (Å²) >= 11 is 5.88. The van der Waals surface area contributed by atoms with Gasteiger partial charge in [0.05, 0.1) is 5.69 Å². The second-order valence-electron chi connectivity index (χ2n) is 4.64. The molecule has 3 aromatic rings. The molecule has 0 spiro atoms. The van der Waals surface area contributed by atoms with Gasteiger partial charge in [-0.05, 0) is 35.4 Å². The van der Waals surface area contributed by atoms with Gasteiger partial charge in [-0.3, -0.25) is 0 Å². The van der Waals surface area contributed by atoms with Crippen molar-refractivity contribution in [1.29, 1.82) is 0 Å². The van der Waals surface area contributed by atoms with E-state index in [4.69, 9.17) is 17.3 Å². The maximum atomic E-state index is 5.88. The highest BCUT2D eigenvalue weighted by molar-refractivity contribution is 6.29. The minimum absolute atomic E-state index is 0.410. The molecule has 1 heterocycles. The number of anilines is 3. The third-order valence-corrected chi connectivity index (χ3v) is 3.36. The van der Waals surface area contributed by atoms with Crippen molar-refractivity contribution in [3.05, 3.63) is 71.9 Å². The molecule has 0 amide bonds. The van der Waals surface area contributed by atoms with Gasteiger partial charge in [0.2, 0.25) is 0 Å². The van der Waals surface area contributed by atoms with Gasteiger partial charge in [-0.25, -0.2) is 4.98 Å². The summed E-state index contributed by atoms with van der Waals surface area (Å²) in [4.78, 5) is 4.18. The van der Waals surface area contributed by atoms with Crippen molar-refractivity contribution in [2.75, 3.05) is 11.1 Å². The summed E-state index contributed by atoms with van der Waals surface area (Å²) in [5.41, 5.74) is 9.69. The third-order valence-electron chi connectivity index (χ3n) is 3.15. The first-order chi connectivity index (χ1) is 10.2. The summed E-state index contributed by atoms with van der Waals surface area (Å²) in [6.07, 6.45) is 0. The average molecular weight is 296 g/mol. The monoisotopic (exact) mass is 295 g/mol. The molecule has 4 heteroatoms. The van der Waals surface area contributed by atoms with E-state index in [9.17, 15) is 0 Å². The van der Waals surface area contributed by atoms with Gasteiger partial charge in [-0.2, -0.15) is 0 Å². The molecule has 0 unspecified atom stereocenters. The van der Waals surface area contributed by atoms with Gasteiger partial charge in [0, 0.05) is 5.69 Å². The number of nitrogen functional groups attached to an aromatic ring is 1. The number of nitrogens with two attached hydrogens (primary N) is 1. The van der Waals surface area contributed by atoms with Crippen LogP contribution in [0.1, 0.15) is 0 Å². The number of nitrogens with zero attached hydrogens (tertiary/aromatic N) is 1. The number of hydrogen-bond acceptors (Lipinski definition) is 3.